The molecule has 1 heterocycles. The molecule has 180 valence electrons. The van der Waals surface area contributed by atoms with Crippen LogP contribution in [0.2, 0.25) is 16.6 Å². The van der Waals surface area contributed by atoms with Crippen molar-refractivity contribution in [3.8, 4) is 5.75 Å². The minimum atomic E-state index is -2.09. The van der Waals surface area contributed by atoms with Gasteiger partial charge in [0.25, 0.3) is 8.32 Å². The van der Waals surface area contributed by atoms with Crippen LogP contribution in [0.15, 0.2) is 66.1 Å². The van der Waals surface area contributed by atoms with E-state index in [4.69, 9.17) is 9.16 Å². The van der Waals surface area contributed by atoms with Gasteiger partial charge in [-0.15, -0.1) is 0 Å². The van der Waals surface area contributed by atoms with Gasteiger partial charge >= 0.3 is 0 Å². The van der Waals surface area contributed by atoms with Gasteiger partial charge < -0.3 is 14.1 Å². The van der Waals surface area contributed by atoms with E-state index in [0.717, 1.165) is 18.1 Å². The Kier molecular flexibility index (Phi) is 8.33. The van der Waals surface area contributed by atoms with E-state index in [1.54, 1.807) is 7.11 Å². The van der Waals surface area contributed by atoms with Crippen molar-refractivity contribution >= 4 is 14.0 Å². The molecule has 0 aromatic heterocycles. The largest absolute Gasteiger partial charge is 0.531 e. The van der Waals surface area contributed by atoms with Crippen LogP contribution in [0.1, 0.15) is 79.3 Å². The van der Waals surface area contributed by atoms with Crippen LogP contribution >= 0.6 is 0 Å². The van der Waals surface area contributed by atoms with Crippen molar-refractivity contribution in [1.82, 2.24) is 0 Å². The van der Waals surface area contributed by atoms with Crippen molar-refractivity contribution < 1.29 is 9.16 Å². The van der Waals surface area contributed by atoms with E-state index in [9.17, 15) is 0 Å². The van der Waals surface area contributed by atoms with Gasteiger partial charge in [0.15, 0.2) is 5.88 Å². The SMILES string of the molecule is CCCCC1=C(O[Si](C(C)C)(C(C)C)C(C)C)N(c2ccc(OC)cc2)C1c1ccccc1. The molecule has 0 radical (unpaired) electrons. The van der Waals surface area contributed by atoms with Crippen molar-refractivity contribution in [2.24, 2.45) is 0 Å². The van der Waals surface area contributed by atoms with E-state index in [1.807, 2.05) is 0 Å². The zero-order valence-electron chi connectivity index (χ0n) is 21.9. The molecule has 0 N–H and O–H groups in total. The summed E-state index contributed by atoms with van der Waals surface area (Å²) >= 11 is 0. The van der Waals surface area contributed by atoms with Crippen LogP contribution in [0.25, 0.3) is 0 Å². The lowest BCUT2D eigenvalue weighted by Gasteiger charge is -2.52. The average molecular weight is 466 g/mol. The Labute approximate surface area is 202 Å². The average Bonchev–Trinajstić information content (AvgIpc) is 2.79. The number of unbranched alkanes of at least 4 members (excludes halogenated alkanes) is 1. The normalized spacial score (nSPS) is 16.6. The maximum absolute atomic E-state index is 7.36. The summed E-state index contributed by atoms with van der Waals surface area (Å²) in [7, 11) is -0.370. The first-order valence-electron chi connectivity index (χ1n) is 12.7. The summed E-state index contributed by atoms with van der Waals surface area (Å²) < 4.78 is 12.8. The van der Waals surface area contributed by atoms with Gasteiger partial charge in [-0.1, -0.05) is 85.2 Å². The maximum atomic E-state index is 7.36. The Bertz CT molecular complexity index is 897. The number of benzene rings is 2. The third-order valence-corrected chi connectivity index (χ3v) is 13.3. The van der Waals surface area contributed by atoms with E-state index < -0.39 is 8.32 Å². The molecular formula is C29H43NO2Si. The van der Waals surface area contributed by atoms with E-state index in [2.05, 4.69) is 108 Å². The lowest BCUT2D eigenvalue weighted by atomic mass is 9.87. The molecule has 3 nitrogen and oxygen atoms in total. The number of hydrogen-bond acceptors (Lipinski definition) is 3. The van der Waals surface area contributed by atoms with Crippen LogP contribution < -0.4 is 9.64 Å². The molecule has 1 unspecified atom stereocenters. The third-order valence-electron chi connectivity index (χ3n) is 7.33. The Morgan fingerprint density at radius 3 is 1.91 bits per heavy atom. The van der Waals surface area contributed by atoms with Crippen LogP contribution in [0, 0.1) is 0 Å². The van der Waals surface area contributed by atoms with Gasteiger partial charge in [-0.05, 0) is 59.3 Å². The smallest absolute Gasteiger partial charge is 0.260 e. The molecule has 0 aliphatic carbocycles. The molecule has 0 saturated carbocycles. The minimum absolute atomic E-state index is 0.222. The maximum Gasteiger partial charge on any atom is 0.260 e. The highest BCUT2D eigenvalue weighted by Crippen LogP contribution is 2.53. The number of rotatable bonds is 11. The summed E-state index contributed by atoms with van der Waals surface area (Å²) in [6.45, 7) is 16.5. The summed E-state index contributed by atoms with van der Waals surface area (Å²) in [5.41, 5.74) is 5.55. The third kappa shape index (κ3) is 4.86. The number of nitrogens with zero attached hydrogens (tertiary/aromatic N) is 1. The van der Waals surface area contributed by atoms with Gasteiger partial charge in [0, 0.05) is 11.3 Å². The summed E-state index contributed by atoms with van der Waals surface area (Å²) in [5, 5.41) is 0. The molecule has 0 fully saturated rings. The predicted molar refractivity (Wildman–Crippen MR) is 143 cm³/mol. The molecule has 2 aromatic carbocycles. The molecule has 33 heavy (non-hydrogen) atoms. The molecule has 0 saturated heterocycles. The quantitative estimate of drug-likeness (QED) is 0.309. The number of anilines is 1. The zero-order chi connectivity index (χ0) is 24.2. The number of ether oxygens (including phenoxy) is 1. The first-order chi connectivity index (χ1) is 15.8. The predicted octanol–water partition coefficient (Wildman–Crippen LogP) is 8.85. The van der Waals surface area contributed by atoms with E-state index in [-0.39, 0.29) is 6.04 Å². The fraction of sp³-hybridized carbons (Fsp3) is 0.517. The van der Waals surface area contributed by atoms with E-state index in [0.29, 0.717) is 16.6 Å². The first kappa shape index (κ1) is 25.4. The molecule has 0 amide bonds. The Morgan fingerprint density at radius 2 is 1.42 bits per heavy atom. The standard InChI is InChI=1S/C29H43NO2Si/c1-9-10-16-27-28(24-14-12-11-13-15-24)30(25-17-19-26(31-8)20-18-25)29(27)32-33(21(2)3,22(4)5)23(6)7/h11-15,17-23,28H,9-10,16H2,1-8H3. The van der Waals surface area contributed by atoms with Crippen molar-refractivity contribution in [3.05, 3.63) is 71.6 Å². The van der Waals surface area contributed by atoms with Gasteiger partial charge in [-0.25, -0.2) is 0 Å². The van der Waals surface area contributed by atoms with Crippen molar-refractivity contribution in [2.75, 3.05) is 12.0 Å². The molecular weight excluding hydrogens is 422 g/mol. The second-order valence-electron chi connectivity index (χ2n) is 10.2. The molecule has 1 aliphatic heterocycles. The fourth-order valence-corrected chi connectivity index (χ4v) is 11.0. The van der Waals surface area contributed by atoms with Crippen molar-refractivity contribution in [1.29, 1.82) is 0 Å². The Balaban J connectivity index is 2.16. The van der Waals surface area contributed by atoms with Crippen LogP contribution in [0.4, 0.5) is 5.69 Å². The lowest BCUT2D eigenvalue weighted by molar-refractivity contribution is 0.308. The minimum Gasteiger partial charge on any atom is -0.531 e. The number of hydrogen-bond donors (Lipinski definition) is 0. The highest BCUT2D eigenvalue weighted by molar-refractivity contribution is 6.78. The summed E-state index contributed by atoms with van der Waals surface area (Å²) in [6, 6.07) is 19.6. The second kappa shape index (κ2) is 10.8. The first-order valence-corrected chi connectivity index (χ1v) is 14.8. The molecule has 1 aliphatic rings. The van der Waals surface area contributed by atoms with Crippen LogP contribution in [0.3, 0.4) is 0 Å². The molecule has 1 atom stereocenters. The van der Waals surface area contributed by atoms with Crippen molar-refractivity contribution in [3.63, 3.8) is 0 Å². The van der Waals surface area contributed by atoms with Gasteiger partial charge in [-0.2, -0.15) is 0 Å². The van der Waals surface area contributed by atoms with Crippen LogP contribution in [-0.2, 0) is 4.43 Å². The molecule has 2 aromatic rings. The summed E-state index contributed by atoms with van der Waals surface area (Å²) in [5.74, 6) is 1.99. The Hall–Kier alpha value is -2.20. The lowest BCUT2D eigenvalue weighted by Crippen LogP contribution is -2.53. The highest BCUT2D eigenvalue weighted by atomic mass is 28.4. The topological polar surface area (TPSA) is 21.7 Å². The molecule has 4 heteroatoms. The van der Waals surface area contributed by atoms with Crippen molar-refractivity contribution in [2.45, 2.75) is 90.4 Å². The second-order valence-corrected chi connectivity index (χ2v) is 15.6. The molecule has 0 bridgehead atoms. The van der Waals surface area contributed by atoms with E-state index >= 15 is 0 Å². The summed E-state index contributed by atoms with van der Waals surface area (Å²) in [4.78, 5) is 2.44. The molecule has 3 rings (SSSR count). The van der Waals surface area contributed by atoms with Gasteiger partial charge in [-0.3, -0.25) is 0 Å². The van der Waals surface area contributed by atoms with Gasteiger partial charge in [0.1, 0.15) is 5.75 Å². The van der Waals surface area contributed by atoms with Crippen LogP contribution in [0.5, 0.6) is 5.75 Å². The monoisotopic (exact) mass is 465 g/mol. The van der Waals surface area contributed by atoms with E-state index in [1.165, 1.54) is 29.7 Å². The van der Waals surface area contributed by atoms with Gasteiger partial charge in [0.2, 0.25) is 0 Å². The number of methoxy groups -OCH3 is 1. The Morgan fingerprint density at radius 1 is 0.848 bits per heavy atom. The van der Waals surface area contributed by atoms with Crippen LogP contribution in [-0.4, -0.2) is 15.4 Å². The highest BCUT2D eigenvalue weighted by Gasteiger charge is 2.51. The zero-order valence-corrected chi connectivity index (χ0v) is 22.9. The molecule has 0 spiro atoms. The summed E-state index contributed by atoms with van der Waals surface area (Å²) in [6.07, 6.45) is 3.44. The fourth-order valence-electron chi connectivity index (χ4n) is 5.72. The van der Waals surface area contributed by atoms with Gasteiger partial charge in [0.05, 0.1) is 13.2 Å².